The summed E-state index contributed by atoms with van der Waals surface area (Å²) in [6, 6.07) is 5.47. The van der Waals surface area contributed by atoms with Gasteiger partial charge >= 0.3 is 0 Å². The van der Waals surface area contributed by atoms with Crippen molar-refractivity contribution in [2.75, 3.05) is 6.54 Å². The Morgan fingerprint density at radius 2 is 2.29 bits per heavy atom. The Labute approximate surface area is 104 Å². The first kappa shape index (κ1) is 10.5. The molecule has 0 spiro atoms. The van der Waals surface area contributed by atoms with Gasteiger partial charge in [-0.05, 0) is 12.1 Å². The number of hydrogen-bond donors (Lipinski definition) is 1. The average Bonchev–Trinajstić information content (AvgIpc) is 2.39. The Morgan fingerprint density at radius 1 is 1.41 bits per heavy atom. The molecule has 0 aliphatic carbocycles. The number of nitrogens with zero attached hydrogens (tertiary/aromatic N) is 2. The molecule has 84 valence electrons. The van der Waals surface area contributed by atoms with Crippen LogP contribution in [0.1, 0.15) is 11.3 Å². The number of hydrogen-bond acceptors (Lipinski definition) is 2. The lowest BCUT2D eigenvalue weighted by molar-refractivity contribution is 0.633. The van der Waals surface area contributed by atoms with E-state index in [1.54, 1.807) is 6.07 Å². The molecule has 0 bridgehead atoms. The number of fused-ring (bicyclic) bond motifs is 2. The number of pyridine rings is 1. The third-order valence-electron chi connectivity index (χ3n) is 3.05. The monoisotopic (exact) mass is 243 g/mol. The molecule has 0 amide bonds. The number of halogens is 1. The Morgan fingerprint density at radius 3 is 3.12 bits per heavy atom. The lowest BCUT2D eigenvalue weighted by Crippen LogP contribution is -2.24. The first-order valence-corrected chi connectivity index (χ1v) is 5.86. The molecular formula is C13H10ClN3. The normalized spacial score (nSPS) is 14.4. The Balaban J connectivity index is 2.33. The minimum atomic E-state index is 0.602. The third kappa shape index (κ3) is 1.66. The summed E-state index contributed by atoms with van der Waals surface area (Å²) in [4.78, 5) is 8.05. The van der Waals surface area contributed by atoms with E-state index >= 15 is 0 Å². The molecule has 1 aliphatic heterocycles. The highest BCUT2D eigenvalue weighted by molar-refractivity contribution is 6.36. The van der Waals surface area contributed by atoms with Crippen LogP contribution in [0, 0.1) is 6.57 Å². The van der Waals surface area contributed by atoms with Crippen LogP contribution in [0.5, 0.6) is 0 Å². The molecule has 2 heterocycles. The van der Waals surface area contributed by atoms with E-state index in [-0.39, 0.29) is 0 Å². The van der Waals surface area contributed by atoms with Gasteiger partial charge in [-0.3, -0.25) is 4.98 Å². The van der Waals surface area contributed by atoms with Crippen molar-refractivity contribution in [1.29, 1.82) is 0 Å². The molecule has 2 aromatic rings. The van der Waals surface area contributed by atoms with E-state index in [0.29, 0.717) is 5.69 Å². The lowest BCUT2D eigenvalue weighted by Gasteiger charge is -2.18. The van der Waals surface area contributed by atoms with Crippen LogP contribution in [-0.2, 0) is 13.0 Å². The highest BCUT2D eigenvalue weighted by Crippen LogP contribution is 2.32. The van der Waals surface area contributed by atoms with Gasteiger partial charge in [0.05, 0.1) is 17.1 Å². The van der Waals surface area contributed by atoms with Gasteiger partial charge in [-0.2, -0.15) is 0 Å². The lowest BCUT2D eigenvalue weighted by atomic mass is 10.0. The van der Waals surface area contributed by atoms with Crippen molar-refractivity contribution >= 4 is 28.2 Å². The van der Waals surface area contributed by atoms with Crippen LogP contribution >= 0.6 is 11.6 Å². The summed E-state index contributed by atoms with van der Waals surface area (Å²) < 4.78 is 0. The number of nitrogens with one attached hydrogen (secondary N) is 1. The topological polar surface area (TPSA) is 29.3 Å². The van der Waals surface area contributed by atoms with Gasteiger partial charge in [0.1, 0.15) is 0 Å². The first-order valence-electron chi connectivity index (χ1n) is 5.49. The second-order valence-corrected chi connectivity index (χ2v) is 4.47. The zero-order chi connectivity index (χ0) is 11.8. The molecule has 1 aromatic carbocycles. The summed E-state index contributed by atoms with van der Waals surface area (Å²) in [5.74, 6) is 0. The van der Waals surface area contributed by atoms with Crippen LogP contribution < -0.4 is 5.32 Å². The molecule has 1 N–H and O–H groups in total. The Kier molecular flexibility index (Phi) is 2.47. The van der Waals surface area contributed by atoms with Crippen LogP contribution in [0.3, 0.4) is 0 Å². The fraction of sp³-hybridized carbons (Fsp3) is 0.231. The van der Waals surface area contributed by atoms with E-state index in [1.165, 1.54) is 0 Å². The molecule has 3 nitrogen and oxygen atoms in total. The van der Waals surface area contributed by atoms with Crippen molar-refractivity contribution in [3.8, 4) is 0 Å². The minimum absolute atomic E-state index is 0.602. The van der Waals surface area contributed by atoms with Crippen LogP contribution in [-0.4, -0.2) is 11.5 Å². The largest absolute Gasteiger partial charge is 0.312 e. The van der Waals surface area contributed by atoms with Crippen LogP contribution in [0.4, 0.5) is 5.69 Å². The minimum Gasteiger partial charge on any atom is -0.312 e. The summed E-state index contributed by atoms with van der Waals surface area (Å²) in [6.45, 7) is 8.74. The highest BCUT2D eigenvalue weighted by Gasteiger charge is 2.16. The second-order valence-electron chi connectivity index (χ2n) is 4.09. The van der Waals surface area contributed by atoms with Gasteiger partial charge in [0.15, 0.2) is 5.69 Å². The molecule has 0 saturated carbocycles. The third-order valence-corrected chi connectivity index (χ3v) is 3.49. The van der Waals surface area contributed by atoms with Gasteiger partial charge in [0.2, 0.25) is 0 Å². The molecule has 17 heavy (non-hydrogen) atoms. The zero-order valence-corrected chi connectivity index (χ0v) is 9.88. The van der Waals surface area contributed by atoms with Gasteiger partial charge in [0, 0.05) is 36.2 Å². The molecule has 0 saturated heterocycles. The summed E-state index contributed by atoms with van der Waals surface area (Å²) in [7, 11) is 0. The Hall–Kier alpha value is -1.63. The van der Waals surface area contributed by atoms with Crippen molar-refractivity contribution in [3.63, 3.8) is 0 Å². The molecular weight excluding hydrogens is 234 g/mol. The molecule has 0 unspecified atom stereocenters. The highest BCUT2D eigenvalue weighted by atomic mass is 35.5. The Bertz CT molecular complexity index is 643. The molecule has 4 heteroatoms. The number of aromatic nitrogens is 1. The van der Waals surface area contributed by atoms with E-state index < -0.39 is 0 Å². The SMILES string of the molecule is [C-]#[N+]c1ccc2nc3c(c(Cl)c2c1)CNCC3. The van der Waals surface area contributed by atoms with Crippen molar-refractivity contribution in [1.82, 2.24) is 10.3 Å². The predicted octanol–water partition coefficient (Wildman–Crippen LogP) is 3.08. The van der Waals surface area contributed by atoms with E-state index in [9.17, 15) is 0 Å². The van der Waals surface area contributed by atoms with Crippen molar-refractivity contribution < 1.29 is 0 Å². The molecule has 1 aliphatic rings. The van der Waals surface area contributed by atoms with E-state index in [0.717, 1.165) is 46.7 Å². The average molecular weight is 244 g/mol. The quantitative estimate of drug-likeness (QED) is 0.721. The molecule has 0 radical (unpaired) electrons. The number of rotatable bonds is 0. The maximum absolute atomic E-state index is 7.03. The first-order chi connectivity index (χ1) is 8.29. The van der Waals surface area contributed by atoms with Crippen molar-refractivity contribution in [2.24, 2.45) is 0 Å². The smallest absolute Gasteiger partial charge is 0.188 e. The van der Waals surface area contributed by atoms with E-state index in [2.05, 4.69) is 15.1 Å². The van der Waals surface area contributed by atoms with E-state index in [1.807, 2.05) is 12.1 Å². The van der Waals surface area contributed by atoms with E-state index in [4.69, 9.17) is 18.2 Å². The molecule has 0 fully saturated rings. The van der Waals surface area contributed by atoms with Gasteiger partial charge in [0.25, 0.3) is 0 Å². The van der Waals surface area contributed by atoms with Gasteiger partial charge in [-0.15, -0.1) is 0 Å². The maximum atomic E-state index is 7.03. The maximum Gasteiger partial charge on any atom is 0.188 e. The summed E-state index contributed by atoms with van der Waals surface area (Å²) in [6.07, 6.45) is 0.912. The summed E-state index contributed by atoms with van der Waals surface area (Å²) in [5.41, 5.74) is 3.64. The van der Waals surface area contributed by atoms with Crippen LogP contribution in [0.2, 0.25) is 5.02 Å². The molecule has 1 aromatic heterocycles. The van der Waals surface area contributed by atoms with Gasteiger partial charge in [-0.25, -0.2) is 4.85 Å². The predicted molar refractivity (Wildman–Crippen MR) is 68.4 cm³/mol. The van der Waals surface area contributed by atoms with Gasteiger partial charge < -0.3 is 5.32 Å². The molecule has 3 rings (SSSR count). The van der Waals surface area contributed by atoms with Crippen LogP contribution in [0.25, 0.3) is 15.7 Å². The van der Waals surface area contributed by atoms with Gasteiger partial charge in [-0.1, -0.05) is 17.7 Å². The summed E-state index contributed by atoms with van der Waals surface area (Å²) in [5, 5.41) is 4.91. The standard InChI is InChI=1S/C13H10ClN3/c1-15-8-2-3-11-9(6-8)13(14)10-7-16-5-4-12(10)17-11/h2-3,6,16H,4-5,7H2. The second kappa shape index (κ2) is 3.99. The summed E-state index contributed by atoms with van der Waals surface area (Å²) >= 11 is 6.41. The van der Waals surface area contributed by atoms with Crippen LogP contribution in [0.15, 0.2) is 18.2 Å². The fourth-order valence-corrected chi connectivity index (χ4v) is 2.50. The number of benzene rings is 1. The zero-order valence-electron chi connectivity index (χ0n) is 9.13. The van der Waals surface area contributed by atoms with Crippen molar-refractivity contribution in [2.45, 2.75) is 13.0 Å². The van der Waals surface area contributed by atoms with Crippen molar-refractivity contribution in [3.05, 3.63) is 45.9 Å². The molecule has 0 atom stereocenters. The fourth-order valence-electron chi connectivity index (χ4n) is 2.18.